The minimum atomic E-state index is 0.225. The van der Waals surface area contributed by atoms with E-state index in [1.165, 1.54) is 32.1 Å². The van der Waals surface area contributed by atoms with Crippen molar-refractivity contribution in [3.05, 3.63) is 23.3 Å². The quantitative estimate of drug-likeness (QED) is 0.812. The van der Waals surface area contributed by atoms with Gasteiger partial charge < -0.3 is 0 Å². The number of Topliss-reactive ketones (excluding diaryl/α,β-unsaturated/α-hetero) is 1. The summed E-state index contributed by atoms with van der Waals surface area (Å²) in [5, 5.41) is 0. The van der Waals surface area contributed by atoms with Crippen LogP contribution >= 0.6 is 0 Å². The number of carbonyl (C=O) groups excluding carboxylic acids is 1. The molecule has 0 unspecified atom stereocenters. The van der Waals surface area contributed by atoms with Crippen LogP contribution in [0.4, 0.5) is 0 Å². The van der Waals surface area contributed by atoms with Gasteiger partial charge in [-0.1, -0.05) is 13.3 Å². The van der Waals surface area contributed by atoms with Gasteiger partial charge in [-0.05, 0) is 44.4 Å². The van der Waals surface area contributed by atoms with Gasteiger partial charge in [0.05, 0.1) is 11.3 Å². The molecule has 3 heteroatoms. The zero-order valence-corrected chi connectivity index (χ0v) is 11.7. The fourth-order valence-electron chi connectivity index (χ4n) is 3.43. The second-order valence-electron chi connectivity index (χ2n) is 5.99. The van der Waals surface area contributed by atoms with E-state index in [1.807, 2.05) is 0 Å². The van der Waals surface area contributed by atoms with E-state index in [-0.39, 0.29) is 5.78 Å². The molecule has 2 aliphatic rings. The van der Waals surface area contributed by atoms with Crippen molar-refractivity contribution in [2.45, 2.75) is 64.2 Å². The molecule has 0 bridgehead atoms. The van der Waals surface area contributed by atoms with Crippen LogP contribution < -0.4 is 0 Å². The number of fused-ring (bicyclic) bond motifs is 1. The molecule has 19 heavy (non-hydrogen) atoms. The van der Waals surface area contributed by atoms with Crippen molar-refractivity contribution in [3.63, 3.8) is 0 Å². The molecule has 0 atom stereocenters. The Balaban J connectivity index is 1.77. The number of ketones is 1. The van der Waals surface area contributed by atoms with Crippen LogP contribution in [-0.4, -0.2) is 15.8 Å². The van der Waals surface area contributed by atoms with Crippen molar-refractivity contribution in [1.82, 2.24) is 9.97 Å². The number of hydrogen-bond acceptors (Lipinski definition) is 3. The lowest BCUT2D eigenvalue weighted by Crippen LogP contribution is -2.19. The summed E-state index contributed by atoms with van der Waals surface area (Å²) in [6.45, 7) is 2.28. The Labute approximate surface area is 114 Å². The molecule has 102 valence electrons. The predicted octanol–water partition coefficient (Wildman–Crippen LogP) is 3.68. The Kier molecular flexibility index (Phi) is 3.63. The molecule has 1 saturated carbocycles. The monoisotopic (exact) mass is 258 g/mol. The Morgan fingerprint density at radius 2 is 2.00 bits per heavy atom. The molecule has 1 heterocycles. The molecule has 3 nitrogen and oxygen atoms in total. The third-order valence-corrected chi connectivity index (χ3v) is 4.79. The van der Waals surface area contributed by atoms with Gasteiger partial charge in [0.2, 0.25) is 0 Å². The summed E-state index contributed by atoms with van der Waals surface area (Å²) in [5.41, 5.74) is 1.77. The van der Waals surface area contributed by atoms with Crippen LogP contribution in [0, 0.1) is 5.92 Å². The fraction of sp³-hybridized carbons (Fsp3) is 0.688. The highest BCUT2D eigenvalue weighted by Gasteiger charge is 2.25. The van der Waals surface area contributed by atoms with Crippen LogP contribution in [0.25, 0.3) is 0 Å². The standard InChI is InChI=1S/C16H22N2O/c1-2-11-6-8-12(9-7-11)16-17-10-13-14(18-16)4-3-5-15(13)19/h10-12H,2-9H2,1H3. The third kappa shape index (κ3) is 2.56. The van der Waals surface area contributed by atoms with Gasteiger partial charge in [0, 0.05) is 18.5 Å². The van der Waals surface area contributed by atoms with Gasteiger partial charge in [-0.3, -0.25) is 4.79 Å². The van der Waals surface area contributed by atoms with Gasteiger partial charge >= 0.3 is 0 Å². The lowest BCUT2D eigenvalue weighted by Gasteiger charge is -2.27. The van der Waals surface area contributed by atoms with Crippen LogP contribution in [0.3, 0.4) is 0 Å². The van der Waals surface area contributed by atoms with Crippen LogP contribution in [-0.2, 0) is 6.42 Å². The molecule has 0 radical (unpaired) electrons. The average molecular weight is 258 g/mol. The maximum Gasteiger partial charge on any atom is 0.166 e. The van der Waals surface area contributed by atoms with E-state index in [2.05, 4.69) is 11.9 Å². The van der Waals surface area contributed by atoms with E-state index in [9.17, 15) is 4.79 Å². The van der Waals surface area contributed by atoms with Crippen LogP contribution in [0.15, 0.2) is 6.20 Å². The van der Waals surface area contributed by atoms with Gasteiger partial charge in [0.25, 0.3) is 0 Å². The highest BCUT2D eigenvalue weighted by molar-refractivity contribution is 5.97. The third-order valence-electron chi connectivity index (χ3n) is 4.79. The van der Waals surface area contributed by atoms with Crippen molar-refractivity contribution in [2.24, 2.45) is 5.92 Å². The Morgan fingerprint density at radius 1 is 1.21 bits per heavy atom. The topological polar surface area (TPSA) is 42.9 Å². The lowest BCUT2D eigenvalue weighted by molar-refractivity contribution is 0.0971. The van der Waals surface area contributed by atoms with E-state index in [4.69, 9.17) is 4.98 Å². The molecule has 0 aliphatic heterocycles. The molecular formula is C16H22N2O. The summed E-state index contributed by atoms with van der Waals surface area (Å²) in [6, 6.07) is 0. The van der Waals surface area contributed by atoms with Gasteiger partial charge in [-0.15, -0.1) is 0 Å². The molecule has 0 saturated heterocycles. The molecule has 0 amide bonds. The molecule has 0 aromatic carbocycles. The Morgan fingerprint density at radius 3 is 2.74 bits per heavy atom. The van der Waals surface area contributed by atoms with Crippen LogP contribution in [0.1, 0.15) is 79.7 Å². The van der Waals surface area contributed by atoms with Crippen molar-refractivity contribution in [2.75, 3.05) is 0 Å². The summed E-state index contributed by atoms with van der Waals surface area (Å²) in [5.74, 6) is 2.63. The minimum Gasteiger partial charge on any atom is -0.294 e. The van der Waals surface area contributed by atoms with Gasteiger partial charge in [0.15, 0.2) is 5.78 Å². The van der Waals surface area contributed by atoms with Crippen molar-refractivity contribution in [1.29, 1.82) is 0 Å². The summed E-state index contributed by atoms with van der Waals surface area (Å²) >= 11 is 0. The molecule has 0 N–H and O–H groups in total. The van der Waals surface area contributed by atoms with Crippen molar-refractivity contribution >= 4 is 5.78 Å². The Hall–Kier alpha value is -1.25. The molecular weight excluding hydrogens is 236 g/mol. The van der Waals surface area contributed by atoms with E-state index in [0.29, 0.717) is 12.3 Å². The van der Waals surface area contributed by atoms with E-state index in [0.717, 1.165) is 35.8 Å². The van der Waals surface area contributed by atoms with E-state index in [1.54, 1.807) is 6.20 Å². The number of nitrogens with zero attached hydrogens (tertiary/aromatic N) is 2. The lowest BCUT2D eigenvalue weighted by atomic mass is 9.80. The number of aryl methyl sites for hydroxylation is 1. The van der Waals surface area contributed by atoms with E-state index >= 15 is 0 Å². The maximum absolute atomic E-state index is 11.8. The van der Waals surface area contributed by atoms with Crippen molar-refractivity contribution in [3.8, 4) is 0 Å². The summed E-state index contributed by atoms with van der Waals surface area (Å²) in [7, 11) is 0. The SMILES string of the molecule is CCC1CCC(c2ncc3c(n2)CCCC3=O)CC1. The van der Waals surface area contributed by atoms with Gasteiger partial charge in [-0.25, -0.2) is 9.97 Å². The number of rotatable bonds is 2. The molecule has 3 rings (SSSR count). The molecule has 1 aromatic heterocycles. The van der Waals surface area contributed by atoms with Gasteiger partial charge in [-0.2, -0.15) is 0 Å². The highest BCUT2D eigenvalue weighted by Crippen LogP contribution is 2.36. The molecule has 1 fully saturated rings. The first-order chi connectivity index (χ1) is 9.28. The molecule has 1 aromatic rings. The highest BCUT2D eigenvalue weighted by atomic mass is 16.1. The van der Waals surface area contributed by atoms with Crippen LogP contribution in [0.5, 0.6) is 0 Å². The smallest absolute Gasteiger partial charge is 0.166 e. The first-order valence-electron chi connectivity index (χ1n) is 7.67. The first kappa shape index (κ1) is 12.8. The van der Waals surface area contributed by atoms with Crippen LogP contribution in [0.2, 0.25) is 0 Å². The second kappa shape index (κ2) is 5.40. The molecule has 0 spiro atoms. The molecule has 2 aliphatic carbocycles. The first-order valence-corrected chi connectivity index (χ1v) is 7.67. The van der Waals surface area contributed by atoms with E-state index < -0.39 is 0 Å². The number of hydrogen-bond donors (Lipinski definition) is 0. The number of aromatic nitrogens is 2. The zero-order valence-electron chi connectivity index (χ0n) is 11.7. The van der Waals surface area contributed by atoms with Crippen molar-refractivity contribution < 1.29 is 4.79 Å². The average Bonchev–Trinajstić information content (AvgIpc) is 2.47. The maximum atomic E-state index is 11.8. The zero-order chi connectivity index (χ0) is 13.2. The number of carbonyl (C=O) groups is 1. The van der Waals surface area contributed by atoms with Gasteiger partial charge in [0.1, 0.15) is 5.82 Å². The predicted molar refractivity (Wildman–Crippen MR) is 74.3 cm³/mol. The summed E-state index contributed by atoms with van der Waals surface area (Å²) < 4.78 is 0. The second-order valence-corrected chi connectivity index (χ2v) is 5.99. The summed E-state index contributed by atoms with van der Waals surface area (Å²) in [6.07, 6.45) is 10.7. The normalized spacial score (nSPS) is 27.1. The Bertz CT molecular complexity index is 476. The summed E-state index contributed by atoms with van der Waals surface area (Å²) in [4.78, 5) is 21.0. The minimum absolute atomic E-state index is 0.225. The fourth-order valence-corrected chi connectivity index (χ4v) is 3.43. The largest absolute Gasteiger partial charge is 0.294 e.